The van der Waals surface area contributed by atoms with Gasteiger partial charge >= 0.3 is 0 Å². The van der Waals surface area contributed by atoms with Crippen LogP contribution in [0.3, 0.4) is 0 Å². The van der Waals surface area contributed by atoms with E-state index in [4.69, 9.17) is 17.3 Å². The summed E-state index contributed by atoms with van der Waals surface area (Å²) in [5.41, 5.74) is 6.11. The molecule has 3 N–H and O–H groups in total. The van der Waals surface area contributed by atoms with Gasteiger partial charge in [0.15, 0.2) is 0 Å². The van der Waals surface area contributed by atoms with Gasteiger partial charge in [0.25, 0.3) is 11.6 Å². The number of carbonyl (C=O) groups is 1. The number of hydrogen-bond donors (Lipinski definition) is 2. The number of anilines is 1. The number of pyridine rings is 1. The van der Waals surface area contributed by atoms with Crippen molar-refractivity contribution in [3.05, 3.63) is 62.9 Å². The Morgan fingerprint density at radius 2 is 2.14 bits per heavy atom. The van der Waals surface area contributed by atoms with Gasteiger partial charge in [0.2, 0.25) is 0 Å². The Morgan fingerprint density at radius 1 is 1.38 bits per heavy atom. The van der Waals surface area contributed by atoms with Gasteiger partial charge in [-0.3, -0.25) is 19.9 Å². The van der Waals surface area contributed by atoms with Crippen LogP contribution < -0.4 is 11.1 Å². The molecule has 0 fully saturated rings. The van der Waals surface area contributed by atoms with Crippen molar-refractivity contribution in [1.29, 1.82) is 0 Å². The van der Waals surface area contributed by atoms with Gasteiger partial charge in [-0.15, -0.1) is 0 Å². The third kappa shape index (κ3) is 3.53. The maximum atomic E-state index is 12.1. The highest BCUT2D eigenvalue weighted by molar-refractivity contribution is 6.31. The van der Waals surface area contributed by atoms with E-state index in [-0.39, 0.29) is 22.9 Å². The number of halogens is 1. The van der Waals surface area contributed by atoms with Gasteiger partial charge in [0.1, 0.15) is 5.69 Å². The van der Waals surface area contributed by atoms with Crippen molar-refractivity contribution in [1.82, 2.24) is 4.98 Å². The predicted molar refractivity (Wildman–Crippen MR) is 78.2 cm³/mol. The number of nitro groups is 1. The van der Waals surface area contributed by atoms with Gasteiger partial charge in [0.05, 0.1) is 10.6 Å². The SMILES string of the molecule is NCc1cc(C(=O)Nc2ccc(Cl)cc2[N+](=O)[O-])ccn1. The largest absolute Gasteiger partial charge is 0.325 e. The first kappa shape index (κ1) is 14.9. The zero-order valence-electron chi connectivity index (χ0n) is 10.7. The molecule has 21 heavy (non-hydrogen) atoms. The quantitative estimate of drug-likeness (QED) is 0.665. The molecule has 0 aliphatic heterocycles. The van der Waals surface area contributed by atoms with Crippen LogP contribution >= 0.6 is 11.6 Å². The molecule has 0 atom stereocenters. The number of nitro benzene ring substituents is 1. The number of nitrogens with one attached hydrogen (secondary N) is 1. The van der Waals surface area contributed by atoms with Crippen molar-refractivity contribution in [2.75, 3.05) is 5.32 Å². The number of hydrogen-bond acceptors (Lipinski definition) is 5. The van der Waals surface area contributed by atoms with E-state index in [1.54, 1.807) is 0 Å². The second-order valence-corrected chi connectivity index (χ2v) is 4.55. The van der Waals surface area contributed by atoms with Crippen molar-refractivity contribution in [3.63, 3.8) is 0 Å². The lowest BCUT2D eigenvalue weighted by Crippen LogP contribution is -2.14. The molecule has 1 heterocycles. The number of benzene rings is 1. The lowest BCUT2D eigenvalue weighted by molar-refractivity contribution is -0.383. The molecule has 2 rings (SSSR count). The molecule has 0 saturated heterocycles. The maximum absolute atomic E-state index is 12.1. The van der Waals surface area contributed by atoms with Crippen LogP contribution in [0.4, 0.5) is 11.4 Å². The number of nitrogens with zero attached hydrogens (tertiary/aromatic N) is 2. The van der Waals surface area contributed by atoms with Crippen LogP contribution in [0.2, 0.25) is 5.02 Å². The summed E-state index contributed by atoms with van der Waals surface area (Å²) in [7, 11) is 0. The van der Waals surface area contributed by atoms with Crippen molar-refractivity contribution >= 4 is 28.9 Å². The summed E-state index contributed by atoms with van der Waals surface area (Å²) in [6.45, 7) is 0.197. The lowest BCUT2D eigenvalue weighted by atomic mass is 10.2. The Morgan fingerprint density at radius 3 is 2.81 bits per heavy atom. The molecule has 0 bridgehead atoms. The van der Waals surface area contributed by atoms with E-state index in [0.29, 0.717) is 11.3 Å². The molecule has 1 amide bonds. The first-order chi connectivity index (χ1) is 10.0. The molecule has 0 spiro atoms. The standard InChI is InChI=1S/C13H11ClN4O3/c14-9-1-2-11(12(6-9)18(20)21)17-13(19)8-3-4-16-10(5-8)7-15/h1-6H,7,15H2,(H,17,19). The van der Waals surface area contributed by atoms with Crippen molar-refractivity contribution in [2.24, 2.45) is 5.73 Å². The summed E-state index contributed by atoms with van der Waals surface area (Å²) in [5, 5.41) is 13.7. The van der Waals surface area contributed by atoms with Crippen LogP contribution in [-0.2, 0) is 6.54 Å². The number of aromatic nitrogens is 1. The van der Waals surface area contributed by atoms with Crippen LogP contribution in [-0.4, -0.2) is 15.8 Å². The van der Waals surface area contributed by atoms with E-state index in [0.717, 1.165) is 0 Å². The topological polar surface area (TPSA) is 111 Å². The van der Waals surface area contributed by atoms with Crippen LogP contribution in [0.15, 0.2) is 36.5 Å². The summed E-state index contributed by atoms with van der Waals surface area (Å²) < 4.78 is 0. The molecule has 108 valence electrons. The minimum absolute atomic E-state index is 0.0699. The maximum Gasteiger partial charge on any atom is 0.294 e. The highest BCUT2D eigenvalue weighted by Crippen LogP contribution is 2.28. The number of rotatable bonds is 4. The number of carbonyl (C=O) groups excluding carboxylic acids is 1. The van der Waals surface area contributed by atoms with Crippen LogP contribution in [0, 0.1) is 10.1 Å². The van der Waals surface area contributed by atoms with E-state index in [2.05, 4.69) is 10.3 Å². The summed E-state index contributed by atoms with van der Waals surface area (Å²) >= 11 is 5.71. The first-order valence-electron chi connectivity index (χ1n) is 5.91. The van der Waals surface area contributed by atoms with E-state index < -0.39 is 10.8 Å². The highest BCUT2D eigenvalue weighted by atomic mass is 35.5. The van der Waals surface area contributed by atoms with Crippen LogP contribution in [0.25, 0.3) is 0 Å². The first-order valence-corrected chi connectivity index (χ1v) is 6.29. The van der Waals surface area contributed by atoms with E-state index in [9.17, 15) is 14.9 Å². The second-order valence-electron chi connectivity index (χ2n) is 4.11. The molecular weight excluding hydrogens is 296 g/mol. The molecule has 2 aromatic rings. The van der Waals surface area contributed by atoms with Gasteiger partial charge in [-0.1, -0.05) is 11.6 Å². The molecule has 0 aliphatic carbocycles. The Labute approximate surface area is 124 Å². The molecule has 1 aromatic heterocycles. The van der Waals surface area contributed by atoms with Crippen molar-refractivity contribution < 1.29 is 9.72 Å². The normalized spacial score (nSPS) is 10.2. The van der Waals surface area contributed by atoms with Crippen LogP contribution in [0.5, 0.6) is 0 Å². The summed E-state index contributed by atoms with van der Waals surface area (Å²) in [4.78, 5) is 26.4. The minimum atomic E-state index is -0.612. The van der Waals surface area contributed by atoms with Gasteiger partial charge in [0, 0.05) is 29.4 Å². The molecule has 8 heteroatoms. The second kappa shape index (κ2) is 6.29. The van der Waals surface area contributed by atoms with Gasteiger partial charge in [-0.25, -0.2) is 0 Å². The Kier molecular flexibility index (Phi) is 4.46. The molecule has 1 aromatic carbocycles. The third-order valence-corrected chi connectivity index (χ3v) is 2.93. The van der Waals surface area contributed by atoms with Gasteiger partial charge in [-0.2, -0.15) is 0 Å². The Balaban J connectivity index is 2.29. The zero-order chi connectivity index (χ0) is 15.4. The Hall–Kier alpha value is -2.51. The third-order valence-electron chi connectivity index (χ3n) is 2.69. The van der Waals surface area contributed by atoms with Gasteiger partial charge in [-0.05, 0) is 24.3 Å². The predicted octanol–water partition coefficient (Wildman–Crippen LogP) is 2.35. The van der Waals surface area contributed by atoms with Crippen LogP contribution in [0.1, 0.15) is 16.1 Å². The average molecular weight is 307 g/mol. The monoisotopic (exact) mass is 306 g/mol. The van der Waals surface area contributed by atoms with Crippen molar-refractivity contribution in [2.45, 2.75) is 6.54 Å². The fraction of sp³-hybridized carbons (Fsp3) is 0.0769. The van der Waals surface area contributed by atoms with E-state index in [1.165, 1.54) is 36.5 Å². The zero-order valence-corrected chi connectivity index (χ0v) is 11.5. The molecule has 7 nitrogen and oxygen atoms in total. The molecule has 0 saturated carbocycles. The average Bonchev–Trinajstić information content (AvgIpc) is 2.48. The summed E-state index contributed by atoms with van der Waals surface area (Å²) in [5.74, 6) is -0.488. The van der Waals surface area contributed by atoms with Crippen molar-refractivity contribution in [3.8, 4) is 0 Å². The summed E-state index contributed by atoms with van der Waals surface area (Å²) in [6, 6.07) is 7.04. The highest BCUT2D eigenvalue weighted by Gasteiger charge is 2.17. The molecular formula is C13H11ClN4O3. The Bertz CT molecular complexity index is 706. The number of nitrogens with two attached hydrogens (primary N) is 1. The lowest BCUT2D eigenvalue weighted by Gasteiger charge is -2.07. The fourth-order valence-corrected chi connectivity index (χ4v) is 1.85. The minimum Gasteiger partial charge on any atom is -0.325 e. The molecule has 0 radical (unpaired) electrons. The van der Waals surface area contributed by atoms with E-state index >= 15 is 0 Å². The smallest absolute Gasteiger partial charge is 0.294 e. The fourth-order valence-electron chi connectivity index (χ4n) is 1.69. The molecule has 0 aliphatic rings. The number of amides is 1. The summed E-state index contributed by atoms with van der Waals surface area (Å²) in [6.07, 6.45) is 1.45. The van der Waals surface area contributed by atoms with Gasteiger partial charge < -0.3 is 11.1 Å². The van der Waals surface area contributed by atoms with E-state index in [1.807, 2.05) is 0 Å². The molecule has 0 unspecified atom stereocenters.